The molecule has 0 bridgehead atoms. The van der Waals surface area contributed by atoms with Gasteiger partial charge in [0.1, 0.15) is 6.04 Å². The summed E-state index contributed by atoms with van der Waals surface area (Å²) in [7, 11) is 0. The molecule has 1 aromatic rings. The molecule has 0 aromatic carbocycles. The maximum atomic E-state index is 11.6. The Morgan fingerprint density at radius 3 is 3.00 bits per heavy atom. The fraction of sp³-hybridized carbons (Fsp3) is 0.556. The molecule has 1 aliphatic carbocycles. The number of nitrogens with one attached hydrogen (secondary N) is 1. The molecule has 0 spiro atoms. The zero-order chi connectivity index (χ0) is 10.1. The van der Waals surface area contributed by atoms with Crippen molar-refractivity contribution in [1.29, 1.82) is 0 Å². The van der Waals surface area contributed by atoms with E-state index in [1.54, 1.807) is 17.1 Å². The van der Waals surface area contributed by atoms with Gasteiger partial charge in [0.15, 0.2) is 0 Å². The van der Waals surface area contributed by atoms with Crippen molar-refractivity contribution in [1.82, 2.24) is 15.1 Å². The van der Waals surface area contributed by atoms with Gasteiger partial charge in [0, 0.05) is 12.2 Å². The average Bonchev–Trinajstić information content (AvgIpc) is 2.85. The lowest BCUT2D eigenvalue weighted by Gasteiger charge is -2.11. The summed E-state index contributed by atoms with van der Waals surface area (Å²) in [5.41, 5.74) is 0. The van der Waals surface area contributed by atoms with Gasteiger partial charge in [-0.05, 0) is 35.7 Å². The first-order valence-electron chi connectivity index (χ1n) is 4.67. The molecule has 14 heavy (non-hydrogen) atoms. The Hall–Kier alpha value is -0.840. The summed E-state index contributed by atoms with van der Waals surface area (Å²) in [6.45, 7) is 1.84. The molecule has 1 amide bonds. The van der Waals surface area contributed by atoms with E-state index in [2.05, 4.69) is 26.3 Å². The molecule has 1 atom stereocenters. The van der Waals surface area contributed by atoms with E-state index in [0.29, 0.717) is 6.04 Å². The van der Waals surface area contributed by atoms with Crippen LogP contribution in [0, 0.1) is 0 Å². The predicted octanol–water partition coefficient (Wildman–Crippen LogP) is 1.49. The minimum absolute atomic E-state index is 0.0445. The highest BCUT2D eigenvalue weighted by Crippen LogP contribution is 2.20. The number of hydrogen-bond acceptors (Lipinski definition) is 2. The van der Waals surface area contributed by atoms with Crippen molar-refractivity contribution in [3.63, 3.8) is 0 Å². The molecular formula is C9H12BrN3O. The van der Waals surface area contributed by atoms with E-state index in [1.165, 1.54) is 0 Å². The fourth-order valence-corrected chi connectivity index (χ4v) is 1.50. The number of amides is 1. The zero-order valence-corrected chi connectivity index (χ0v) is 9.49. The second-order valence-corrected chi connectivity index (χ2v) is 4.51. The van der Waals surface area contributed by atoms with Crippen LogP contribution in [-0.2, 0) is 4.79 Å². The smallest absolute Gasteiger partial charge is 0.244 e. The van der Waals surface area contributed by atoms with Gasteiger partial charge in [-0.2, -0.15) is 5.10 Å². The fourth-order valence-electron chi connectivity index (χ4n) is 1.20. The summed E-state index contributed by atoms with van der Waals surface area (Å²) in [5.74, 6) is 0.0445. The number of hydrogen-bond donors (Lipinski definition) is 1. The van der Waals surface area contributed by atoms with Crippen LogP contribution in [0.15, 0.2) is 16.9 Å². The molecule has 0 saturated heterocycles. The molecule has 1 fully saturated rings. The van der Waals surface area contributed by atoms with Gasteiger partial charge in [-0.1, -0.05) is 0 Å². The van der Waals surface area contributed by atoms with Gasteiger partial charge in [0.25, 0.3) is 0 Å². The number of carbonyl (C=O) groups is 1. The van der Waals surface area contributed by atoms with Crippen LogP contribution in [0.2, 0.25) is 0 Å². The summed E-state index contributed by atoms with van der Waals surface area (Å²) < 4.78 is 2.55. The second kappa shape index (κ2) is 3.73. The Morgan fingerprint density at radius 2 is 2.50 bits per heavy atom. The number of aromatic nitrogens is 2. The van der Waals surface area contributed by atoms with Gasteiger partial charge in [-0.15, -0.1) is 0 Å². The van der Waals surface area contributed by atoms with Crippen LogP contribution in [0.3, 0.4) is 0 Å². The summed E-state index contributed by atoms with van der Waals surface area (Å²) in [6.07, 6.45) is 5.71. The third kappa shape index (κ3) is 2.15. The average molecular weight is 258 g/mol. The van der Waals surface area contributed by atoms with E-state index in [-0.39, 0.29) is 11.9 Å². The van der Waals surface area contributed by atoms with Crippen molar-refractivity contribution in [3.05, 3.63) is 16.9 Å². The quantitative estimate of drug-likeness (QED) is 0.892. The molecule has 76 valence electrons. The van der Waals surface area contributed by atoms with Crippen LogP contribution >= 0.6 is 15.9 Å². The first-order chi connectivity index (χ1) is 6.66. The highest BCUT2D eigenvalue weighted by atomic mass is 79.9. The van der Waals surface area contributed by atoms with Crippen molar-refractivity contribution >= 4 is 21.8 Å². The number of carbonyl (C=O) groups excluding carboxylic acids is 1. The molecule has 0 radical (unpaired) electrons. The molecule has 2 rings (SSSR count). The Bertz CT molecular complexity index is 346. The summed E-state index contributed by atoms with van der Waals surface area (Å²) in [6, 6.07) is 0.172. The minimum Gasteiger partial charge on any atom is -0.352 e. The standard InChI is InChI=1S/C9H12BrN3O/c1-6(9(14)12-8-2-3-8)13-5-7(10)4-11-13/h4-6,8H,2-3H2,1H3,(H,12,14)/t6-/m0/s1. The number of rotatable bonds is 3. The Balaban J connectivity index is 1.99. The Labute approximate surface area is 90.8 Å². The van der Waals surface area contributed by atoms with Crippen LogP contribution in [-0.4, -0.2) is 21.7 Å². The van der Waals surface area contributed by atoms with Gasteiger partial charge in [-0.25, -0.2) is 0 Å². The van der Waals surface area contributed by atoms with Gasteiger partial charge < -0.3 is 5.32 Å². The lowest BCUT2D eigenvalue weighted by atomic mass is 10.3. The van der Waals surface area contributed by atoms with Crippen LogP contribution in [0.4, 0.5) is 0 Å². The molecule has 1 N–H and O–H groups in total. The monoisotopic (exact) mass is 257 g/mol. The predicted molar refractivity (Wildman–Crippen MR) is 55.8 cm³/mol. The highest BCUT2D eigenvalue weighted by Gasteiger charge is 2.26. The zero-order valence-electron chi connectivity index (χ0n) is 7.90. The Morgan fingerprint density at radius 1 is 1.79 bits per heavy atom. The van der Waals surface area contributed by atoms with E-state index in [9.17, 15) is 4.79 Å². The number of halogens is 1. The SMILES string of the molecule is C[C@@H](C(=O)NC1CC1)n1cc(Br)cn1. The Kier molecular flexibility index (Phi) is 2.58. The molecule has 1 aromatic heterocycles. The van der Waals surface area contributed by atoms with Crippen molar-refractivity contribution < 1.29 is 4.79 Å². The molecule has 1 heterocycles. The van der Waals surface area contributed by atoms with Crippen molar-refractivity contribution in [2.45, 2.75) is 31.8 Å². The van der Waals surface area contributed by atoms with E-state index in [1.807, 2.05) is 6.92 Å². The van der Waals surface area contributed by atoms with E-state index >= 15 is 0 Å². The molecule has 1 aliphatic rings. The normalized spacial score (nSPS) is 17.9. The van der Waals surface area contributed by atoms with Crippen LogP contribution in [0.5, 0.6) is 0 Å². The second-order valence-electron chi connectivity index (χ2n) is 3.60. The van der Waals surface area contributed by atoms with Crippen LogP contribution in [0.25, 0.3) is 0 Å². The molecule has 5 heteroatoms. The molecular weight excluding hydrogens is 246 g/mol. The van der Waals surface area contributed by atoms with Crippen molar-refractivity contribution in [2.24, 2.45) is 0 Å². The maximum Gasteiger partial charge on any atom is 0.244 e. The van der Waals surface area contributed by atoms with Gasteiger partial charge in [0.05, 0.1) is 10.7 Å². The first kappa shape index (κ1) is 9.71. The van der Waals surface area contributed by atoms with Gasteiger partial charge >= 0.3 is 0 Å². The van der Waals surface area contributed by atoms with E-state index < -0.39 is 0 Å². The van der Waals surface area contributed by atoms with E-state index in [4.69, 9.17) is 0 Å². The third-order valence-corrected chi connectivity index (χ3v) is 2.68. The number of nitrogens with zero attached hydrogens (tertiary/aromatic N) is 2. The van der Waals surface area contributed by atoms with Crippen molar-refractivity contribution in [3.8, 4) is 0 Å². The topological polar surface area (TPSA) is 46.9 Å². The largest absolute Gasteiger partial charge is 0.352 e. The molecule has 1 saturated carbocycles. The summed E-state index contributed by atoms with van der Waals surface area (Å²) in [5, 5.41) is 7.02. The maximum absolute atomic E-state index is 11.6. The van der Waals surface area contributed by atoms with Crippen molar-refractivity contribution in [2.75, 3.05) is 0 Å². The molecule has 0 unspecified atom stereocenters. The first-order valence-corrected chi connectivity index (χ1v) is 5.46. The minimum atomic E-state index is -0.234. The van der Waals surface area contributed by atoms with Crippen LogP contribution < -0.4 is 5.32 Å². The lowest BCUT2D eigenvalue weighted by Crippen LogP contribution is -2.32. The van der Waals surface area contributed by atoms with Gasteiger partial charge in [-0.3, -0.25) is 9.48 Å². The summed E-state index contributed by atoms with van der Waals surface area (Å²) in [4.78, 5) is 11.6. The highest BCUT2D eigenvalue weighted by molar-refractivity contribution is 9.10. The van der Waals surface area contributed by atoms with Gasteiger partial charge in [0.2, 0.25) is 5.91 Å². The van der Waals surface area contributed by atoms with E-state index in [0.717, 1.165) is 17.3 Å². The molecule has 4 nitrogen and oxygen atoms in total. The lowest BCUT2D eigenvalue weighted by molar-refractivity contribution is -0.124. The van der Waals surface area contributed by atoms with Crippen LogP contribution in [0.1, 0.15) is 25.8 Å². The summed E-state index contributed by atoms with van der Waals surface area (Å²) >= 11 is 3.30. The molecule has 0 aliphatic heterocycles. The third-order valence-electron chi connectivity index (χ3n) is 2.27.